The Morgan fingerprint density at radius 3 is 2.47 bits per heavy atom. The molecule has 1 unspecified atom stereocenters. The second-order valence-corrected chi connectivity index (χ2v) is 3.64. The highest BCUT2D eigenvalue weighted by molar-refractivity contribution is 5.89. The minimum absolute atomic E-state index is 0.262. The maximum atomic E-state index is 12.9. The normalized spacial score (nSPS) is 19.4. The summed E-state index contributed by atoms with van der Waals surface area (Å²) >= 11 is 0. The number of hydrogen-bond acceptors (Lipinski definition) is 3. The molecule has 3 nitrogen and oxygen atoms in total. The smallest absolute Gasteiger partial charge is 0.338 e. The summed E-state index contributed by atoms with van der Waals surface area (Å²) in [5.74, 6) is -5.33. The van der Waals surface area contributed by atoms with E-state index in [-0.39, 0.29) is 12.2 Å². The Morgan fingerprint density at radius 1 is 1.29 bits per heavy atom. The lowest BCUT2D eigenvalue weighted by Crippen LogP contribution is -2.18. The van der Waals surface area contributed by atoms with Crippen molar-refractivity contribution >= 4 is 5.97 Å². The van der Waals surface area contributed by atoms with Gasteiger partial charge >= 0.3 is 5.97 Å². The molecule has 1 aromatic rings. The van der Waals surface area contributed by atoms with Crippen molar-refractivity contribution in [1.29, 1.82) is 0 Å². The van der Waals surface area contributed by atoms with E-state index in [4.69, 9.17) is 9.47 Å². The highest BCUT2D eigenvalue weighted by Gasteiger charge is 2.22. The zero-order valence-electron chi connectivity index (χ0n) is 8.71. The minimum atomic E-state index is -1.61. The van der Waals surface area contributed by atoms with E-state index in [1.54, 1.807) is 0 Å². The molecule has 92 valence electrons. The van der Waals surface area contributed by atoms with Crippen molar-refractivity contribution in [2.45, 2.75) is 12.5 Å². The van der Waals surface area contributed by atoms with Gasteiger partial charge in [-0.3, -0.25) is 0 Å². The number of ether oxygens (including phenoxy) is 2. The van der Waals surface area contributed by atoms with Crippen LogP contribution in [0.1, 0.15) is 16.8 Å². The Labute approximate surface area is 95.1 Å². The van der Waals surface area contributed by atoms with Crippen LogP contribution in [0, 0.1) is 17.5 Å². The van der Waals surface area contributed by atoms with E-state index >= 15 is 0 Å². The van der Waals surface area contributed by atoms with Gasteiger partial charge in [0.05, 0.1) is 18.8 Å². The third-order valence-electron chi connectivity index (χ3n) is 2.38. The van der Waals surface area contributed by atoms with Crippen LogP contribution in [0.5, 0.6) is 0 Å². The maximum absolute atomic E-state index is 12.9. The fourth-order valence-electron chi connectivity index (χ4n) is 1.50. The summed E-state index contributed by atoms with van der Waals surface area (Å²) < 4.78 is 48.3. The number of hydrogen-bond donors (Lipinski definition) is 0. The molecule has 0 aliphatic carbocycles. The molecule has 1 fully saturated rings. The number of esters is 1. The molecule has 0 aromatic heterocycles. The molecule has 1 aromatic carbocycles. The molecule has 6 heteroatoms. The van der Waals surface area contributed by atoms with Crippen molar-refractivity contribution in [2.24, 2.45) is 0 Å². The minimum Gasteiger partial charge on any atom is -0.456 e. The SMILES string of the molecule is O=C(OC1CCOC1)c1cc(F)c(F)c(F)c1. The van der Waals surface area contributed by atoms with Gasteiger partial charge in [0.1, 0.15) is 6.10 Å². The Balaban J connectivity index is 2.13. The molecule has 1 aliphatic rings. The van der Waals surface area contributed by atoms with E-state index < -0.39 is 29.5 Å². The second-order valence-electron chi connectivity index (χ2n) is 3.64. The summed E-state index contributed by atoms with van der Waals surface area (Å²) in [5.41, 5.74) is -0.353. The van der Waals surface area contributed by atoms with Crippen molar-refractivity contribution in [1.82, 2.24) is 0 Å². The summed E-state index contributed by atoms with van der Waals surface area (Å²) in [6.07, 6.45) is 0.122. The lowest BCUT2D eigenvalue weighted by Gasteiger charge is -2.10. The van der Waals surface area contributed by atoms with Crippen LogP contribution >= 0.6 is 0 Å². The number of rotatable bonds is 2. The summed E-state index contributed by atoms with van der Waals surface area (Å²) in [5, 5.41) is 0. The van der Waals surface area contributed by atoms with E-state index in [0.29, 0.717) is 25.2 Å². The van der Waals surface area contributed by atoms with Crippen LogP contribution < -0.4 is 0 Å². The zero-order valence-corrected chi connectivity index (χ0v) is 8.71. The van der Waals surface area contributed by atoms with Crippen LogP contribution in [0.2, 0.25) is 0 Å². The standard InChI is InChI=1S/C11H9F3O3/c12-8-3-6(4-9(13)10(8)14)11(15)17-7-1-2-16-5-7/h3-4,7H,1-2,5H2. The van der Waals surface area contributed by atoms with Crippen molar-refractivity contribution in [3.05, 3.63) is 35.1 Å². The molecule has 0 amide bonds. The Kier molecular flexibility index (Phi) is 3.33. The second kappa shape index (κ2) is 4.75. The Hall–Kier alpha value is -1.56. The van der Waals surface area contributed by atoms with E-state index in [1.807, 2.05) is 0 Å². The van der Waals surface area contributed by atoms with Crippen LogP contribution in [0.4, 0.5) is 13.2 Å². The van der Waals surface area contributed by atoms with Gasteiger partial charge in [-0.05, 0) is 12.1 Å². The highest BCUT2D eigenvalue weighted by atomic mass is 19.2. The van der Waals surface area contributed by atoms with Gasteiger partial charge in [0, 0.05) is 6.42 Å². The van der Waals surface area contributed by atoms with Crippen LogP contribution in [0.3, 0.4) is 0 Å². The maximum Gasteiger partial charge on any atom is 0.338 e. The van der Waals surface area contributed by atoms with Gasteiger partial charge in [0.15, 0.2) is 17.5 Å². The topological polar surface area (TPSA) is 35.5 Å². The Morgan fingerprint density at radius 2 is 1.94 bits per heavy atom. The van der Waals surface area contributed by atoms with Crippen molar-refractivity contribution in [3.8, 4) is 0 Å². The molecule has 0 saturated carbocycles. The largest absolute Gasteiger partial charge is 0.456 e. The molecule has 1 atom stereocenters. The quantitative estimate of drug-likeness (QED) is 0.591. The number of halogens is 3. The third-order valence-corrected chi connectivity index (χ3v) is 2.38. The predicted octanol–water partition coefficient (Wildman–Crippen LogP) is 2.05. The fourth-order valence-corrected chi connectivity index (χ4v) is 1.50. The van der Waals surface area contributed by atoms with Crippen molar-refractivity contribution < 1.29 is 27.4 Å². The van der Waals surface area contributed by atoms with E-state index in [9.17, 15) is 18.0 Å². The van der Waals surface area contributed by atoms with Gasteiger partial charge in [-0.25, -0.2) is 18.0 Å². The predicted molar refractivity (Wildman–Crippen MR) is 51.0 cm³/mol. The van der Waals surface area contributed by atoms with Gasteiger partial charge < -0.3 is 9.47 Å². The summed E-state index contributed by atoms with van der Waals surface area (Å²) in [6.45, 7) is 0.738. The van der Waals surface area contributed by atoms with E-state index in [2.05, 4.69) is 0 Å². The summed E-state index contributed by atoms with van der Waals surface area (Å²) in [4.78, 5) is 11.5. The van der Waals surface area contributed by atoms with E-state index in [1.165, 1.54) is 0 Å². The molecule has 1 saturated heterocycles. The zero-order chi connectivity index (χ0) is 12.4. The first kappa shape index (κ1) is 11.9. The van der Waals surface area contributed by atoms with Crippen LogP contribution in [-0.4, -0.2) is 25.3 Å². The first-order valence-electron chi connectivity index (χ1n) is 5.01. The molecular weight excluding hydrogens is 237 g/mol. The first-order valence-corrected chi connectivity index (χ1v) is 5.01. The monoisotopic (exact) mass is 246 g/mol. The summed E-state index contributed by atoms with van der Waals surface area (Å²) in [6, 6.07) is 1.22. The van der Waals surface area contributed by atoms with E-state index in [0.717, 1.165) is 0 Å². The van der Waals surface area contributed by atoms with Gasteiger partial charge in [-0.15, -0.1) is 0 Å². The molecule has 17 heavy (non-hydrogen) atoms. The Bertz CT molecular complexity index is 419. The average molecular weight is 246 g/mol. The molecule has 0 radical (unpaired) electrons. The highest BCUT2D eigenvalue weighted by Crippen LogP contribution is 2.16. The van der Waals surface area contributed by atoms with Crippen LogP contribution in [0.25, 0.3) is 0 Å². The molecule has 0 spiro atoms. The number of carbonyl (C=O) groups is 1. The molecule has 1 heterocycles. The lowest BCUT2D eigenvalue weighted by atomic mass is 10.2. The third kappa shape index (κ3) is 2.58. The fraction of sp³-hybridized carbons (Fsp3) is 0.364. The van der Waals surface area contributed by atoms with Crippen molar-refractivity contribution in [2.75, 3.05) is 13.2 Å². The molecule has 2 rings (SSSR count). The summed E-state index contributed by atoms with van der Waals surface area (Å²) in [7, 11) is 0. The van der Waals surface area contributed by atoms with Crippen molar-refractivity contribution in [3.63, 3.8) is 0 Å². The number of benzene rings is 1. The van der Waals surface area contributed by atoms with Gasteiger partial charge in [0.2, 0.25) is 0 Å². The van der Waals surface area contributed by atoms with Gasteiger partial charge in [-0.1, -0.05) is 0 Å². The number of carbonyl (C=O) groups excluding carboxylic acids is 1. The van der Waals surface area contributed by atoms with Gasteiger partial charge in [0.25, 0.3) is 0 Å². The lowest BCUT2D eigenvalue weighted by molar-refractivity contribution is 0.0269. The van der Waals surface area contributed by atoms with Gasteiger partial charge in [-0.2, -0.15) is 0 Å². The average Bonchev–Trinajstić information content (AvgIpc) is 2.77. The van der Waals surface area contributed by atoms with Crippen LogP contribution in [0.15, 0.2) is 12.1 Å². The molecule has 0 N–H and O–H groups in total. The first-order chi connectivity index (χ1) is 8.08. The molecule has 0 bridgehead atoms. The molecular formula is C11H9F3O3. The molecule has 1 aliphatic heterocycles. The van der Waals surface area contributed by atoms with Crippen LogP contribution in [-0.2, 0) is 9.47 Å².